The molecule has 1 aromatic rings. The first kappa shape index (κ1) is 15.8. The fourth-order valence-corrected chi connectivity index (χ4v) is 1.76. The van der Waals surface area contributed by atoms with E-state index in [4.69, 9.17) is 5.73 Å². The number of nitrogens with two attached hydrogens (primary N) is 1. The molecular formula is C14H20F3NO. The van der Waals surface area contributed by atoms with E-state index in [0.29, 0.717) is 12.8 Å². The molecular weight excluding hydrogens is 255 g/mol. The minimum absolute atomic E-state index is 0.0113. The van der Waals surface area contributed by atoms with E-state index in [1.54, 1.807) is 0 Å². The van der Waals surface area contributed by atoms with Gasteiger partial charge in [0.15, 0.2) is 0 Å². The fourth-order valence-electron chi connectivity index (χ4n) is 1.76. The maximum atomic E-state index is 12.6. The molecule has 0 fully saturated rings. The zero-order chi connectivity index (χ0) is 14.8. The second-order valence-corrected chi connectivity index (χ2v) is 5.96. The lowest BCUT2D eigenvalue weighted by atomic mass is 9.87. The Morgan fingerprint density at radius 3 is 2.26 bits per heavy atom. The van der Waals surface area contributed by atoms with Crippen molar-refractivity contribution in [3.05, 3.63) is 29.3 Å². The Bertz CT molecular complexity index is 435. The molecule has 19 heavy (non-hydrogen) atoms. The van der Waals surface area contributed by atoms with Crippen LogP contribution >= 0.6 is 0 Å². The number of aliphatic hydroxyl groups excluding tert-OH is 1. The van der Waals surface area contributed by atoms with Gasteiger partial charge in [-0.3, -0.25) is 0 Å². The van der Waals surface area contributed by atoms with Gasteiger partial charge in [-0.15, -0.1) is 0 Å². The second kappa shape index (κ2) is 5.41. The van der Waals surface area contributed by atoms with Crippen molar-refractivity contribution in [3.8, 4) is 0 Å². The van der Waals surface area contributed by atoms with Crippen molar-refractivity contribution in [1.82, 2.24) is 0 Å². The fraction of sp³-hybridized carbons (Fsp3) is 0.571. The number of rotatable bonds is 3. The van der Waals surface area contributed by atoms with Gasteiger partial charge >= 0.3 is 6.18 Å². The molecule has 0 radical (unpaired) electrons. The molecule has 3 N–H and O–H groups in total. The molecule has 5 heteroatoms. The Labute approximate surface area is 111 Å². The largest absolute Gasteiger partial charge is 0.416 e. The lowest BCUT2D eigenvalue weighted by Gasteiger charge is -2.21. The lowest BCUT2D eigenvalue weighted by molar-refractivity contribution is -0.137. The minimum atomic E-state index is -4.42. The van der Waals surface area contributed by atoms with E-state index in [-0.39, 0.29) is 16.7 Å². The van der Waals surface area contributed by atoms with Crippen LogP contribution in [0.25, 0.3) is 0 Å². The summed E-state index contributed by atoms with van der Waals surface area (Å²) in [5.74, 6) is 0. The van der Waals surface area contributed by atoms with Crippen molar-refractivity contribution in [1.29, 1.82) is 0 Å². The maximum absolute atomic E-state index is 12.6. The maximum Gasteiger partial charge on any atom is 0.416 e. The Hall–Kier alpha value is -1.23. The van der Waals surface area contributed by atoms with Crippen LogP contribution < -0.4 is 5.73 Å². The zero-order valence-electron chi connectivity index (χ0n) is 11.4. The van der Waals surface area contributed by atoms with Crippen molar-refractivity contribution >= 4 is 5.69 Å². The molecule has 2 nitrogen and oxygen atoms in total. The predicted octanol–water partition coefficient (Wildman–Crippen LogP) is 4.15. The monoisotopic (exact) mass is 275 g/mol. The number of aliphatic hydroxyl groups is 1. The summed E-state index contributed by atoms with van der Waals surface area (Å²) in [6, 6.07) is 3.05. The molecule has 0 saturated carbocycles. The molecule has 108 valence electrons. The van der Waals surface area contributed by atoms with Crippen LogP contribution in [0.1, 0.15) is 50.8 Å². The quantitative estimate of drug-likeness (QED) is 0.814. The molecule has 0 amide bonds. The third-order valence-electron chi connectivity index (χ3n) is 2.94. The Morgan fingerprint density at radius 1 is 1.21 bits per heavy atom. The molecule has 0 aliphatic carbocycles. The summed E-state index contributed by atoms with van der Waals surface area (Å²) < 4.78 is 37.8. The summed E-state index contributed by atoms with van der Waals surface area (Å²) in [5, 5.41) is 10.0. The van der Waals surface area contributed by atoms with Gasteiger partial charge in [-0.05, 0) is 36.5 Å². The molecule has 0 bridgehead atoms. The van der Waals surface area contributed by atoms with E-state index in [1.165, 1.54) is 6.07 Å². The first-order chi connectivity index (χ1) is 8.50. The summed E-state index contributed by atoms with van der Waals surface area (Å²) in [6.45, 7) is 6.03. The standard InChI is InChI=1S/C14H20F3NO/c1-13(2,3)7-6-12(19)10-8-9(14(15,16)17)4-5-11(10)18/h4-5,8,12,19H,6-7,18H2,1-3H3. The number of anilines is 1. The molecule has 1 aromatic carbocycles. The molecule has 1 rings (SSSR count). The van der Waals surface area contributed by atoms with Crippen LogP contribution in [-0.4, -0.2) is 5.11 Å². The number of hydrogen-bond acceptors (Lipinski definition) is 2. The highest BCUT2D eigenvalue weighted by molar-refractivity contribution is 5.50. The van der Waals surface area contributed by atoms with Crippen molar-refractivity contribution in [2.45, 2.75) is 45.9 Å². The normalized spacial score (nSPS) is 14.5. The minimum Gasteiger partial charge on any atom is -0.398 e. The van der Waals surface area contributed by atoms with E-state index in [9.17, 15) is 18.3 Å². The first-order valence-corrected chi connectivity index (χ1v) is 6.15. The summed E-state index contributed by atoms with van der Waals surface area (Å²) in [4.78, 5) is 0. The van der Waals surface area contributed by atoms with Gasteiger partial charge in [0.25, 0.3) is 0 Å². The van der Waals surface area contributed by atoms with Gasteiger partial charge in [0, 0.05) is 11.3 Å². The number of nitrogen functional groups attached to an aromatic ring is 1. The molecule has 0 heterocycles. The molecule has 0 spiro atoms. The molecule has 1 atom stereocenters. The number of alkyl halides is 3. The van der Waals surface area contributed by atoms with Gasteiger partial charge in [0.1, 0.15) is 0 Å². The van der Waals surface area contributed by atoms with E-state index in [0.717, 1.165) is 12.1 Å². The van der Waals surface area contributed by atoms with Crippen LogP contribution in [0.4, 0.5) is 18.9 Å². The van der Waals surface area contributed by atoms with Gasteiger partial charge < -0.3 is 10.8 Å². The first-order valence-electron chi connectivity index (χ1n) is 6.15. The van der Waals surface area contributed by atoms with E-state index in [2.05, 4.69) is 0 Å². The Morgan fingerprint density at radius 2 is 1.79 bits per heavy atom. The lowest BCUT2D eigenvalue weighted by Crippen LogP contribution is -2.11. The summed E-state index contributed by atoms with van der Waals surface area (Å²) in [6.07, 6.45) is -4.31. The highest BCUT2D eigenvalue weighted by Crippen LogP contribution is 2.35. The van der Waals surface area contributed by atoms with Crippen molar-refractivity contribution in [2.75, 3.05) is 5.73 Å². The number of benzene rings is 1. The highest BCUT2D eigenvalue weighted by Gasteiger charge is 2.31. The number of hydrogen-bond donors (Lipinski definition) is 2. The van der Waals surface area contributed by atoms with Gasteiger partial charge in [-0.2, -0.15) is 13.2 Å². The van der Waals surface area contributed by atoms with Gasteiger partial charge in [0.05, 0.1) is 11.7 Å². The predicted molar refractivity (Wildman–Crippen MR) is 69.5 cm³/mol. The molecule has 0 aromatic heterocycles. The van der Waals surface area contributed by atoms with E-state index >= 15 is 0 Å². The zero-order valence-corrected chi connectivity index (χ0v) is 11.4. The van der Waals surface area contributed by atoms with Gasteiger partial charge in [-0.25, -0.2) is 0 Å². The average Bonchev–Trinajstić information content (AvgIpc) is 2.24. The molecule has 1 unspecified atom stereocenters. The van der Waals surface area contributed by atoms with Crippen LogP contribution in [-0.2, 0) is 6.18 Å². The molecule has 0 aliphatic heterocycles. The van der Waals surface area contributed by atoms with E-state index < -0.39 is 17.8 Å². The van der Waals surface area contributed by atoms with Crippen LogP contribution in [0, 0.1) is 5.41 Å². The van der Waals surface area contributed by atoms with Gasteiger partial charge in [-0.1, -0.05) is 20.8 Å². The summed E-state index contributed by atoms with van der Waals surface area (Å²) in [5.41, 5.74) is 5.21. The second-order valence-electron chi connectivity index (χ2n) is 5.96. The average molecular weight is 275 g/mol. The van der Waals surface area contributed by atoms with Crippen molar-refractivity contribution < 1.29 is 18.3 Å². The SMILES string of the molecule is CC(C)(C)CCC(O)c1cc(C(F)(F)F)ccc1N. The third-order valence-corrected chi connectivity index (χ3v) is 2.94. The summed E-state index contributed by atoms with van der Waals surface area (Å²) in [7, 11) is 0. The van der Waals surface area contributed by atoms with Crippen LogP contribution in [0.5, 0.6) is 0 Å². The number of halogens is 3. The van der Waals surface area contributed by atoms with Crippen molar-refractivity contribution in [2.24, 2.45) is 5.41 Å². The van der Waals surface area contributed by atoms with Crippen LogP contribution in [0.15, 0.2) is 18.2 Å². The van der Waals surface area contributed by atoms with Crippen molar-refractivity contribution in [3.63, 3.8) is 0 Å². The van der Waals surface area contributed by atoms with Crippen LogP contribution in [0.3, 0.4) is 0 Å². The molecule has 0 saturated heterocycles. The van der Waals surface area contributed by atoms with Crippen LogP contribution in [0.2, 0.25) is 0 Å². The Balaban J connectivity index is 2.93. The smallest absolute Gasteiger partial charge is 0.398 e. The molecule has 0 aliphatic rings. The summed E-state index contributed by atoms with van der Waals surface area (Å²) >= 11 is 0. The topological polar surface area (TPSA) is 46.2 Å². The van der Waals surface area contributed by atoms with E-state index in [1.807, 2.05) is 20.8 Å². The highest BCUT2D eigenvalue weighted by atomic mass is 19.4. The van der Waals surface area contributed by atoms with Gasteiger partial charge in [0.2, 0.25) is 0 Å². The third kappa shape index (κ3) is 4.74. The Kier molecular flexibility index (Phi) is 4.50.